The van der Waals surface area contributed by atoms with Crippen LogP contribution in [0.15, 0.2) is 48.5 Å². The molecular weight excluding hydrogens is 392 g/mol. The summed E-state index contributed by atoms with van der Waals surface area (Å²) in [6, 6.07) is 18.2. The molecule has 3 heteroatoms. The van der Waals surface area contributed by atoms with Crippen LogP contribution >= 0.6 is 0 Å². The molecule has 2 nitrogen and oxygen atoms in total. The summed E-state index contributed by atoms with van der Waals surface area (Å²) in [6.45, 7) is 13.8. The van der Waals surface area contributed by atoms with Gasteiger partial charge in [-0.3, -0.25) is 0 Å². The van der Waals surface area contributed by atoms with Crippen LogP contribution in [0.3, 0.4) is 0 Å². The monoisotopic (exact) mass is 432 g/mol. The van der Waals surface area contributed by atoms with Crippen molar-refractivity contribution in [2.75, 3.05) is 36.0 Å². The van der Waals surface area contributed by atoms with Gasteiger partial charge < -0.3 is 0 Å². The first-order valence-electron chi connectivity index (χ1n) is 11.5. The number of rotatable bonds is 14. The summed E-state index contributed by atoms with van der Waals surface area (Å²) in [6.07, 6.45) is 4.82. The summed E-state index contributed by atoms with van der Waals surface area (Å²) in [5.41, 5.74) is 5.99. The van der Waals surface area contributed by atoms with Crippen molar-refractivity contribution < 1.29 is 15.2 Å². The van der Waals surface area contributed by atoms with Crippen molar-refractivity contribution in [1.29, 1.82) is 0 Å². The van der Waals surface area contributed by atoms with Crippen molar-refractivity contribution >= 4 is 11.4 Å². The van der Waals surface area contributed by atoms with Gasteiger partial charge in [-0.1, -0.05) is 0 Å². The standard InChI is InChI=1S/2C13H20N.Cr/c2*1-4-10-14(11-5-2)13-9-7-6-8-12(13)3;/h2*6-9H,3-5,10-11H2,1-2H3;. The van der Waals surface area contributed by atoms with E-state index in [4.69, 9.17) is 0 Å². The van der Waals surface area contributed by atoms with Gasteiger partial charge in [-0.15, -0.1) is 0 Å². The molecule has 0 aliphatic carbocycles. The summed E-state index contributed by atoms with van der Waals surface area (Å²) < 4.78 is 0. The van der Waals surface area contributed by atoms with E-state index in [0.29, 0.717) is 15.2 Å². The topological polar surface area (TPSA) is 6.48 Å². The second-order valence-corrected chi connectivity index (χ2v) is 9.26. The van der Waals surface area contributed by atoms with Gasteiger partial charge >= 0.3 is 186 Å². The molecule has 0 N–H and O–H groups in total. The third-order valence-corrected chi connectivity index (χ3v) is 6.76. The summed E-state index contributed by atoms with van der Waals surface area (Å²) in [5, 5.41) is 2.42. The zero-order valence-corrected chi connectivity index (χ0v) is 20.3. The normalized spacial score (nSPS) is 10.9. The van der Waals surface area contributed by atoms with E-state index in [-0.39, 0.29) is 0 Å². The van der Waals surface area contributed by atoms with Crippen molar-refractivity contribution in [2.45, 2.75) is 63.9 Å². The molecule has 0 amide bonds. The van der Waals surface area contributed by atoms with Gasteiger partial charge in [-0.2, -0.15) is 0 Å². The van der Waals surface area contributed by atoms with Crippen molar-refractivity contribution in [1.82, 2.24) is 0 Å². The zero-order valence-electron chi connectivity index (χ0n) is 19.0. The Morgan fingerprint density at radius 3 is 1.24 bits per heavy atom. The van der Waals surface area contributed by atoms with Gasteiger partial charge in [0, 0.05) is 0 Å². The first kappa shape index (κ1) is 23.8. The predicted octanol–water partition coefficient (Wildman–Crippen LogP) is 6.72. The van der Waals surface area contributed by atoms with Crippen LogP contribution in [0, 0.1) is 0 Å². The van der Waals surface area contributed by atoms with Crippen molar-refractivity contribution in [2.24, 2.45) is 0 Å². The van der Waals surface area contributed by atoms with E-state index in [2.05, 4.69) is 86.0 Å². The Morgan fingerprint density at radius 1 is 0.552 bits per heavy atom. The molecule has 2 aromatic carbocycles. The summed E-state index contributed by atoms with van der Waals surface area (Å²) in [7, 11) is 0. The van der Waals surface area contributed by atoms with Crippen molar-refractivity contribution in [3.05, 3.63) is 59.7 Å². The molecule has 0 saturated carbocycles. The fourth-order valence-corrected chi connectivity index (χ4v) is 5.55. The number of anilines is 2. The SMILES string of the molecule is CCCN(CCC)c1ccccc1[CH2][Cr][CH2]c1ccccc1N(CCC)CCC. The van der Waals surface area contributed by atoms with Crippen LogP contribution in [0.5, 0.6) is 0 Å². The molecule has 0 aromatic heterocycles. The molecule has 0 bridgehead atoms. The van der Waals surface area contributed by atoms with Crippen LogP contribution in [0.1, 0.15) is 64.5 Å². The van der Waals surface area contributed by atoms with Crippen LogP contribution in [0.4, 0.5) is 11.4 Å². The molecular formula is C26H40CrN2. The first-order chi connectivity index (χ1) is 14.2. The average Bonchev–Trinajstić information content (AvgIpc) is 2.74. The Kier molecular flexibility index (Phi) is 11.3. The molecule has 0 saturated heterocycles. The van der Waals surface area contributed by atoms with E-state index < -0.39 is 0 Å². The van der Waals surface area contributed by atoms with Gasteiger partial charge in [0.15, 0.2) is 0 Å². The summed E-state index contributed by atoms with van der Waals surface area (Å²) >= 11 is 0.570. The van der Waals surface area contributed by atoms with Crippen molar-refractivity contribution in [3.63, 3.8) is 0 Å². The number of nitrogens with zero attached hydrogens (tertiary/aromatic N) is 2. The molecule has 0 heterocycles. The third-order valence-electron chi connectivity index (χ3n) is 5.15. The van der Waals surface area contributed by atoms with Crippen molar-refractivity contribution in [3.8, 4) is 0 Å². The molecule has 29 heavy (non-hydrogen) atoms. The van der Waals surface area contributed by atoms with E-state index in [1.54, 1.807) is 0 Å². The van der Waals surface area contributed by atoms with Crippen LogP contribution in [0.25, 0.3) is 0 Å². The van der Waals surface area contributed by atoms with Gasteiger partial charge in [0.05, 0.1) is 0 Å². The van der Waals surface area contributed by atoms with E-state index in [0.717, 1.165) is 26.2 Å². The molecule has 0 spiro atoms. The first-order valence-corrected chi connectivity index (χ1v) is 13.3. The molecule has 0 aliphatic rings. The van der Waals surface area contributed by atoms with Crippen LogP contribution in [-0.4, -0.2) is 26.2 Å². The van der Waals surface area contributed by atoms with E-state index in [1.165, 1.54) is 58.8 Å². The Morgan fingerprint density at radius 2 is 0.897 bits per heavy atom. The molecule has 0 atom stereocenters. The minimum absolute atomic E-state index is 0.570. The molecule has 0 fully saturated rings. The fourth-order valence-electron chi connectivity index (χ4n) is 3.94. The number of benzene rings is 2. The van der Waals surface area contributed by atoms with Gasteiger partial charge in [0.1, 0.15) is 0 Å². The summed E-state index contributed by atoms with van der Waals surface area (Å²) in [4.78, 5) is 5.17. The minimum atomic E-state index is 0.570. The quantitative estimate of drug-likeness (QED) is 0.327. The number of para-hydroxylation sites is 2. The predicted molar refractivity (Wildman–Crippen MR) is 126 cm³/mol. The summed E-state index contributed by atoms with van der Waals surface area (Å²) in [5.74, 6) is 0. The zero-order chi connectivity index (χ0) is 20.9. The molecule has 0 unspecified atom stereocenters. The van der Waals surface area contributed by atoms with E-state index >= 15 is 0 Å². The van der Waals surface area contributed by atoms with Gasteiger partial charge in [0.2, 0.25) is 0 Å². The molecule has 160 valence electrons. The molecule has 0 aliphatic heterocycles. The van der Waals surface area contributed by atoms with Crippen LogP contribution in [0.2, 0.25) is 0 Å². The Bertz CT molecular complexity index is 629. The van der Waals surface area contributed by atoms with E-state index in [1.807, 2.05) is 0 Å². The number of hydrogen-bond donors (Lipinski definition) is 0. The second-order valence-electron chi connectivity index (χ2n) is 7.72. The third kappa shape index (κ3) is 7.40. The molecule has 2 rings (SSSR count). The van der Waals surface area contributed by atoms with Crippen LogP contribution < -0.4 is 9.80 Å². The Hall–Kier alpha value is -1.43. The van der Waals surface area contributed by atoms with Gasteiger partial charge in [-0.05, 0) is 0 Å². The van der Waals surface area contributed by atoms with Gasteiger partial charge in [0.25, 0.3) is 0 Å². The maximum atomic E-state index is 2.59. The number of hydrogen-bond acceptors (Lipinski definition) is 2. The second kappa shape index (κ2) is 13.7. The average molecular weight is 433 g/mol. The molecule has 2 aromatic rings. The van der Waals surface area contributed by atoms with E-state index in [9.17, 15) is 0 Å². The Balaban J connectivity index is 2.09. The fraction of sp³-hybridized carbons (Fsp3) is 0.538. The van der Waals surface area contributed by atoms with Gasteiger partial charge in [-0.25, -0.2) is 0 Å². The molecule has 0 radical (unpaired) electrons. The Labute approximate surface area is 186 Å². The van der Waals surface area contributed by atoms with Crippen LogP contribution in [-0.2, 0) is 25.8 Å². The maximum absolute atomic E-state index is 2.59.